The summed E-state index contributed by atoms with van der Waals surface area (Å²) in [4.78, 5) is 15.4. The van der Waals surface area contributed by atoms with Crippen molar-refractivity contribution in [3.63, 3.8) is 0 Å². The van der Waals surface area contributed by atoms with E-state index in [9.17, 15) is 4.79 Å². The lowest BCUT2D eigenvalue weighted by Gasteiger charge is -2.27. The fraction of sp³-hybridized carbons (Fsp3) is 0.273. The SMILES string of the molecule is Cc1ccc(C(=O)c2nn(-c3ccc(Cl)cc3)c(CN3CCNCC3)c2N)cc1. The number of piperazine rings is 1. The smallest absolute Gasteiger partial charge is 0.215 e. The standard InChI is InChI=1S/C22H24ClN5O/c1-15-2-4-16(5-3-15)22(29)21-20(24)19(14-27-12-10-25-11-13-27)28(26-21)18-8-6-17(23)7-9-18/h2-9,25H,10-14,24H2,1H3. The van der Waals surface area contributed by atoms with E-state index >= 15 is 0 Å². The van der Waals surface area contributed by atoms with Gasteiger partial charge in [-0.05, 0) is 31.2 Å². The van der Waals surface area contributed by atoms with Gasteiger partial charge in [0, 0.05) is 43.3 Å². The van der Waals surface area contributed by atoms with Gasteiger partial charge >= 0.3 is 0 Å². The van der Waals surface area contributed by atoms with Crippen molar-refractivity contribution in [2.75, 3.05) is 31.9 Å². The van der Waals surface area contributed by atoms with Crippen LogP contribution in [0.1, 0.15) is 27.3 Å². The molecule has 2 heterocycles. The molecule has 1 fully saturated rings. The van der Waals surface area contributed by atoms with Crippen LogP contribution in [0.25, 0.3) is 5.69 Å². The monoisotopic (exact) mass is 409 g/mol. The highest BCUT2D eigenvalue weighted by atomic mass is 35.5. The van der Waals surface area contributed by atoms with Crippen LogP contribution in [0.3, 0.4) is 0 Å². The molecular formula is C22H24ClN5O. The molecule has 2 aromatic carbocycles. The van der Waals surface area contributed by atoms with E-state index in [4.69, 9.17) is 17.3 Å². The molecule has 1 aromatic heterocycles. The molecule has 0 amide bonds. The maximum absolute atomic E-state index is 13.1. The minimum absolute atomic E-state index is 0.170. The van der Waals surface area contributed by atoms with Crippen LogP contribution in [0.2, 0.25) is 5.02 Å². The zero-order valence-electron chi connectivity index (χ0n) is 16.4. The Morgan fingerprint density at radius 1 is 1.10 bits per heavy atom. The third kappa shape index (κ3) is 4.19. The summed E-state index contributed by atoms with van der Waals surface area (Å²) in [5, 5.41) is 8.63. The number of nitrogens with one attached hydrogen (secondary N) is 1. The van der Waals surface area contributed by atoms with Gasteiger partial charge in [0.2, 0.25) is 5.78 Å². The summed E-state index contributed by atoms with van der Waals surface area (Å²) in [5.41, 5.74) is 10.5. The van der Waals surface area contributed by atoms with Gasteiger partial charge in [0.1, 0.15) is 0 Å². The molecule has 0 bridgehead atoms. The van der Waals surface area contributed by atoms with Gasteiger partial charge in [-0.25, -0.2) is 4.68 Å². The Hall–Kier alpha value is -2.67. The van der Waals surface area contributed by atoms with Gasteiger partial charge in [-0.2, -0.15) is 5.10 Å². The van der Waals surface area contributed by atoms with Gasteiger partial charge in [0.25, 0.3) is 0 Å². The number of nitrogen functional groups attached to an aromatic ring is 1. The number of hydrogen-bond acceptors (Lipinski definition) is 5. The van der Waals surface area contributed by atoms with E-state index < -0.39 is 0 Å². The number of halogens is 1. The van der Waals surface area contributed by atoms with Crippen molar-refractivity contribution in [3.05, 3.63) is 76.1 Å². The lowest BCUT2D eigenvalue weighted by molar-refractivity contribution is 0.103. The molecule has 4 rings (SSSR count). The first-order chi connectivity index (χ1) is 14.0. The quantitative estimate of drug-likeness (QED) is 0.633. The minimum Gasteiger partial charge on any atom is -0.395 e. The van der Waals surface area contributed by atoms with Gasteiger partial charge < -0.3 is 11.1 Å². The predicted molar refractivity (Wildman–Crippen MR) is 116 cm³/mol. The van der Waals surface area contributed by atoms with Crippen molar-refractivity contribution in [3.8, 4) is 5.69 Å². The molecule has 0 radical (unpaired) electrons. The number of nitrogens with zero attached hydrogens (tertiary/aromatic N) is 3. The molecule has 3 N–H and O–H groups in total. The van der Waals surface area contributed by atoms with E-state index in [1.807, 2.05) is 55.5 Å². The summed E-state index contributed by atoms with van der Waals surface area (Å²) in [5.74, 6) is -0.170. The fourth-order valence-corrected chi connectivity index (χ4v) is 3.63. The first-order valence-electron chi connectivity index (χ1n) is 9.70. The second-order valence-corrected chi connectivity index (χ2v) is 7.75. The highest BCUT2D eigenvalue weighted by Crippen LogP contribution is 2.26. The van der Waals surface area contributed by atoms with Crippen LogP contribution < -0.4 is 11.1 Å². The molecule has 0 atom stereocenters. The largest absolute Gasteiger partial charge is 0.395 e. The maximum atomic E-state index is 13.1. The Morgan fingerprint density at radius 3 is 2.41 bits per heavy atom. The maximum Gasteiger partial charge on any atom is 0.215 e. The molecule has 0 spiro atoms. The van der Waals surface area contributed by atoms with Crippen LogP contribution in [-0.2, 0) is 6.54 Å². The molecule has 7 heteroatoms. The summed E-state index contributed by atoms with van der Waals surface area (Å²) in [7, 11) is 0. The molecule has 0 unspecified atom stereocenters. The average Bonchev–Trinajstić information content (AvgIpc) is 3.06. The fourth-order valence-electron chi connectivity index (χ4n) is 3.50. The Bertz CT molecular complexity index is 1000. The van der Waals surface area contributed by atoms with E-state index in [2.05, 4.69) is 15.3 Å². The molecule has 3 aromatic rings. The summed E-state index contributed by atoms with van der Waals surface area (Å²) < 4.78 is 1.77. The van der Waals surface area contributed by atoms with Crippen molar-refractivity contribution in [1.82, 2.24) is 20.0 Å². The lowest BCUT2D eigenvalue weighted by Crippen LogP contribution is -2.43. The third-order valence-corrected chi connectivity index (χ3v) is 5.46. The normalized spacial score (nSPS) is 14.8. The molecule has 1 aliphatic heterocycles. The predicted octanol–water partition coefficient (Wildman–Crippen LogP) is 3.05. The first-order valence-corrected chi connectivity index (χ1v) is 10.1. The van der Waals surface area contributed by atoms with Gasteiger partial charge in [-0.3, -0.25) is 9.69 Å². The number of aryl methyl sites for hydroxylation is 1. The number of nitrogens with two attached hydrogens (primary N) is 1. The average molecular weight is 410 g/mol. The van der Waals surface area contributed by atoms with Gasteiger partial charge in [0.15, 0.2) is 5.69 Å². The van der Waals surface area contributed by atoms with E-state index in [1.165, 1.54) is 0 Å². The van der Waals surface area contributed by atoms with Crippen molar-refractivity contribution in [1.29, 1.82) is 0 Å². The van der Waals surface area contributed by atoms with Crippen molar-refractivity contribution in [2.45, 2.75) is 13.5 Å². The second-order valence-electron chi connectivity index (χ2n) is 7.32. The number of aromatic nitrogens is 2. The van der Waals surface area contributed by atoms with Crippen LogP contribution in [0.15, 0.2) is 48.5 Å². The Kier molecular flexibility index (Phi) is 5.67. The number of ketones is 1. The molecule has 1 aliphatic rings. The molecule has 150 valence electrons. The van der Waals surface area contributed by atoms with Crippen LogP contribution >= 0.6 is 11.6 Å². The zero-order chi connectivity index (χ0) is 20.4. The molecule has 29 heavy (non-hydrogen) atoms. The summed E-state index contributed by atoms with van der Waals surface area (Å²) >= 11 is 6.05. The lowest BCUT2D eigenvalue weighted by atomic mass is 10.1. The Balaban J connectivity index is 1.75. The number of rotatable bonds is 5. The third-order valence-electron chi connectivity index (χ3n) is 5.20. The van der Waals surface area contributed by atoms with E-state index in [0.29, 0.717) is 22.8 Å². The molecule has 6 nitrogen and oxygen atoms in total. The van der Waals surface area contributed by atoms with Crippen molar-refractivity contribution in [2.24, 2.45) is 0 Å². The molecule has 1 saturated heterocycles. The van der Waals surface area contributed by atoms with Crippen molar-refractivity contribution >= 4 is 23.1 Å². The number of carbonyl (C=O) groups is 1. The van der Waals surface area contributed by atoms with Gasteiger partial charge in [-0.15, -0.1) is 0 Å². The number of anilines is 1. The molecule has 0 aliphatic carbocycles. The topological polar surface area (TPSA) is 76.2 Å². The van der Waals surface area contributed by atoms with Gasteiger partial charge in [0.05, 0.1) is 17.1 Å². The second kappa shape index (κ2) is 8.37. The number of carbonyl (C=O) groups excluding carboxylic acids is 1. The Morgan fingerprint density at radius 2 is 1.76 bits per heavy atom. The summed E-state index contributed by atoms with van der Waals surface area (Å²) in [6.45, 7) is 6.33. The van der Waals surface area contributed by atoms with Crippen LogP contribution in [0.4, 0.5) is 5.69 Å². The van der Waals surface area contributed by atoms with Crippen molar-refractivity contribution < 1.29 is 4.79 Å². The summed E-state index contributed by atoms with van der Waals surface area (Å²) in [6.07, 6.45) is 0. The molecular weight excluding hydrogens is 386 g/mol. The van der Waals surface area contributed by atoms with E-state index in [0.717, 1.165) is 43.1 Å². The van der Waals surface area contributed by atoms with Gasteiger partial charge in [-0.1, -0.05) is 41.4 Å². The van der Waals surface area contributed by atoms with Crippen LogP contribution in [0.5, 0.6) is 0 Å². The zero-order valence-corrected chi connectivity index (χ0v) is 17.1. The number of benzene rings is 2. The van der Waals surface area contributed by atoms with E-state index in [1.54, 1.807) is 4.68 Å². The minimum atomic E-state index is -0.170. The van der Waals surface area contributed by atoms with Crippen LogP contribution in [-0.4, -0.2) is 46.6 Å². The highest BCUT2D eigenvalue weighted by Gasteiger charge is 2.24. The highest BCUT2D eigenvalue weighted by molar-refractivity contribution is 6.30. The summed E-state index contributed by atoms with van der Waals surface area (Å²) in [6, 6.07) is 14.9. The first kappa shape index (κ1) is 19.6. The van der Waals surface area contributed by atoms with Crippen LogP contribution in [0, 0.1) is 6.92 Å². The van der Waals surface area contributed by atoms with E-state index in [-0.39, 0.29) is 11.5 Å². The number of hydrogen-bond donors (Lipinski definition) is 2. The molecule has 0 saturated carbocycles. The Labute approximate surface area is 175 Å².